The molecular weight excluding hydrogens is 236 g/mol. The van der Waals surface area contributed by atoms with E-state index in [0.717, 1.165) is 17.8 Å². The zero-order valence-corrected chi connectivity index (χ0v) is 11.4. The molecule has 0 saturated carbocycles. The van der Waals surface area contributed by atoms with Crippen molar-refractivity contribution in [2.24, 2.45) is 0 Å². The number of nitrogens with zero attached hydrogens (tertiary/aromatic N) is 1. The van der Waals surface area contributed by atoms with Crippen LogP contribution in [0.25, 0.3) is 0 Å². The second kappa shape index (κ2) is 6.12. The molecule has 0 aromatic carbocycles. The molecule has 0 saturated heterocycles. The van der Waals surface area contributed by atoms with Crippen LogP contribution in [-0.4, -0.2) is 32.0 Å². The van der Waals surface area contributed by atoms with E-state index >= 15 is 0 Å². The van der Waals surface area contributed by atoms with Crippen molar-refractivity contribution in [1.82, 2.24) is 10.3 Å². The van der Waals surface area contributed by atoms with E-state index in [-0.39, 0.29) is 11.8 Å². The summed E-state index contributed by atoms with van der Waals surface area (Å²) in [5.74, 6) is 0.193. The highest BCUT2D eigenvalue weighted by Gasteiger charge is 2.15. The summed E-state index contributed by atoms with van der Waals surface area (Å²) in [5, 5.41) is 3.31. The molecule has 1 heterocycles. The predicted molar refractivity (Wildman–Crippen MR) is 69.7 cm³/mol. The zero-order valence-electron chi connectivity index (χ0n) is 10.6. The lowest BCUT2D eigenvalue weighted by Gasteiger charge is -2.19. The molecule has 0 bridgehead atoms. The van der Waals surface area contributed by atoms with Crippen molar-refractivity contribution < 1.29 is 8.42 Å². The number of aryl methyl sites for hydroxylation is 1. The molecule has 0 aliphatic carbocycles. The molecule has 1 unspecified atom stereocenters. The summed E-state index contributed by atoms with van der Waals surface area (Å²) >= 11 is 0. The van der Waals surface area contributed by atoms with Crippen molar-refractivity contribution in [1.29, 1.82) is 0 Å². The van der Waals surface area contributed by atoms with Gasteiger partial charge in [0.25, 0.3) is 0 Å². The molecular formula is C12H20N2O2S. The van der Waals surface area contributed by atoms with Gasteiger partial charge in [0.1, 0.15) is 9.84 Å². The lowest BCUT2D eigenvalue weighted by atomic mass is 10.0. The molecule has 0 fully saturated rings. The van der Waals surface area contributed by atoms with Crippen LogP contribution in [0.2, 0.25) is 0 Å². The van der Waals surface area contributed by atoms with Gasteiger partial charge in [0, 0.05) is 24.2 Å². The van der Waals surface area contributed by atoms with Crippen LogP contribution in [0.1, 0.15) is 30.6 Å². The van der Waals surface area contributed by atoms with E-state index in [4.69, 9.17) is 0 Å². The van der Waals surface area contributed by atoms with Gasteiger partial charge >= 0.3 is 0 Å². The highest BCUT2D eigenvalue weighted by molar-refractivity contribution is 7.90. The molecule has 1 aromatic heterocycles. The van der Waals surface area contributed by atoms with Gasteiger partial charge in [-0.3, -0.25) is 4.98 Å². The average molecular weight is 256 g/mol. The number of aromatic nitrogens is 1. The van der Waals surface area contributed by atoms with Gasteiger partial charge in [0.2, 0.25) is 0 Å². The summed E-state index contributed by atoms with van der Waals surface area (Å²) in [4.78, 5) is 4.24. The maximum atomic E-state index is 11.2. The summed E-state index contributed by atoms with van der Waals surface area (Å²) in [6.45, 7) is 4.77. The molecule has 4 nitrogen and oxygen atoms in total. The Bertz CT molecular complexity index is 457. The molecule has 5 heteroatoms. The normalized spacial score (nSPS) is 13.6. The van der Waals surface area contributed by atoms with Crippen LogP contribution in [0.3, 0.4) is 0 Å². The Labute approximate surface area is 103 Å². The fourth-order valence-electron chi connectivity index (χ4n) is 1.81. The van der Waals surface area contributed by atoms with E-state index < -0.39 is 9.84 Å². The molecule has 1 rings (SSSR count). The maximum absolute atomic E-state index is 11.2. The van der Waals surface area contributed by atoms with Gasteiger partial charge in [-0.05, 0) is 31.5 Å². The summed E-state index contributed by atoms with van der Waals surface area (Å²) in [6.07, 6.45) is 3.60. The van der Waals surface area contributed by atoms with Gasteiger partial charge in [0.05, 0.1) is 5.75 Å². The molecule has 0 spiro atoms. The average Bonchev–Trinajstić information content (AvgIpc) is 2.24. The Balaban J connectivity index is 2.82. The first-order valence-corrected chi connectivity index (χ1v) is 7.82. The first-order valence-electron chi connectivity index (χ1n) is 5.76. The summed E-state index contributed by atoms with van der Waals surface area (Å²) in [7, 11) is -2.92. The minimum atomic E-state index is -2.92. The highest BCUT2D eigenvalue weighted by Crippen LogP contribution is 2.19. The van der Waals surface area contributed by atoms with Crippen LogP contribution in [-0.2, 0) is 9.84 Å². The van der Waals surface area contributed by atoms with E-state index in [1.165, 1.54) is 6.26 Å². The van der Waals surface area contributed by atoms with Crippen molar-refractivity contribution in [2.45, 2.75) is 26.3 Å². The monoisotopic (exact) mass is 256 g/mol. The van der Waals surface area contributed by atoms with E-state index in [1.54, 1.807) is 6.20 Å². The number of sulfone groups is 1. The van der Waals surface area contributed by atoms with Crippen LogP contribution in [0, 0.1) is 6.92 Å². The lowest BCUT2D eigenvalue weighted by molar-refractivity contribution is 0.526. The van der Waals surface area contributed by atoms with Crippen molar-refractivity contribution >= 4 is 9.84 Å². The molecule has 1 atom stereocenters. The predicted octanol–water partition coefficient (Wildman–Crippen LogP) is 1.48. The molecule has 1 aromatic rings. The van der Waals surface area contributed by atoms with Crippen LogP contribution < -0.4 is 5.32 Å². The minimum Gasteiger partial charge on any atom is -0.310 e. The minimum absolute atomic E-state index is 0.0587. The molecule has 0 aliphatic rings. The Morgan fingerprint density at radius 1 is 1.47 bits per heavy atom. The first kappa shape index (κ1) is 14.1. The fraction of sp³-hybridized carbons (Fsp3) is 0.583. The largest absolute Gasteiger partial charge is 0.310 e. The highest BCUT2D eigenvalue weighted by atomic mass is 32.2. The van der Waals surface area contributed by atoms with Crippen molar-refractivity contribution in [3.63, 3.8) is 0 Å². The second-order valence-corrected chi connectivity index (χ2v) is 6.47. The van der Waals surface area contributed by atoms with Gasteiger partial charge in [0.15, 0.2) is 0 Å². The quantitative estimate of drug-likeness (QED) is 0.837. The Morgan fingerprint density at radius 2 is 2.18 bits per heavy atom. The van der Waals surface area contributed by atoms with Crippen molar-refractivity contribution in [3.8, 4) is 0 Å². The first-order chi connectivity index (χ1) is 7.94. The number of pyridine rings is 1. The van der Waals surface area contributed by atoms with E-state index in [0.29, 0.717) is 6.42 Å². The third-order valence-corrected chi connectivity index (χ3v) is 3.63. The summed E-state index contributed by atoms with van der Waals surface area (Å²) < 4.78 is 22.4. The smallest absolute Gasteiger partial charge is 0.147 e. The lowest BCUT2D eigenvalue weighted by Crippen LogP contribution is -2.24. The fourth-order valence-corrected chi connectivity index (χ4v) is 2.47. The SMILES string of the molecule is CCNC(CCS(C)(=O)=O)c1cccnc1C. The van der Waals surface area contributed by atoms with Crippen molar-refractivity contribution in [2.75, 3.05) is 18.6 Å². The molecule has 1 N–H and O–H groups in total. The van der Waals surface area contributed by atoms with Crippen LogP contribution in [0.4, 0.5) is 0 Å². The Hall–Kier alpha value is -0.940. The Morgan fingerprint density at radius 3 is 2.71 bits per heavy atom. The van der Waals surface area contributed by atoms with Gasteiger partial charge in [-0.25, -0.2) is 8.42 Å². The summed E-state index contributed by atoms with van der Waals surface area (Å²) in [5.41, 5.74) is 2.03. The van der Waals surface area contributed by atoms with Gasteiger partial charge in [-0.2, -0.15) is 0 Å². The molecule has 0 aliphatic heterocycles. The number of hydrogen-bond acceptors (Lipinski definition) is 4. The number of hydrogen-bond donors (Lipinski definition) is 1. The maximum Gasteiger partial charge on any atom is 0.147 e. The van der Waals surface area contributed by atoms with Gasteiger partial charge in [-0.1, -0.05) is 13.0 Å². The molecule has 0 radical (unpaired) electrons. The number of rotatable bonds is 6. The molecule has 0 amide bonds. The third kappa shape index (κ3) is 4.83. The van der Waals surface area contributed by atoms with E-state index in [2.05, 4.69) is 10.3 Å². The standard InChI is InChI=1S/C12H20N2O2S/c1-4-13-12(7-9-17(3,15)16)11-6-5-8-14-10(11)2/h5-6,8,12-13H,4,7,9H2,1-3H3. The van der Waals surface area contributed by atoms with Gasteiger partial charge in [-0.15, -0.1) is 0 Å². The van der Waals surface area contributed by atoms with Crippen LogP contribution >= 0.6 is 0 Å². The van der Waals surface area contributed by atoms with Crippen molar-refractivity contribution in [3.05, 3.63) is 29.6 Å². The third-order valence-electron chi connectivity index (χ3n) is 2.65. The topological polar surface area (TPSA) is 59.1 Å². The van der Waals surface area contributed by atoms with E-state index in [1.807, 2.05) is 26.0 Å². The molecule has 17 heavy (non-hydrogen) atoms. The summed E-state index contributed by atoms with van der Waals surface area (Å²) in [6, 6.07) is 3.94. The van der Waals surface area contributed by atoms with Gasteiger partial charge < -0.3 is 5.32 Å². The van der Waals surface area contributed by atoms with Crippen LogP contribution in [0.5, 0.6) is 0 Å². The molecule has 96 valence electrons. The number of nitrogens with one attached hydrogen (secondary N) is 1. The van der Waals surface area contributed by atoms with E-state index in [9.17, 15) is 8.42 Å². The zero-order chi connectivity index (χ0) is 12.9. The Kier molecular flexibility index (Phi) is 5.08. The second-order valence-electron chi connectivity index (χ2n) is 4.21. The van der Waals surface area contributed by atoms with Crippen LogP contribution in [0.15, 0.2) is 18.3 Å².